The second-order valence-corrected chi connectivity index (χ2v) is 30.3. The predicted molar refractivity (Wildman–Crippen MR) is 449 cm³/mol. The molecule has 1 saturated carbocycles. The average molecular weight is 1660 g/mol. The van der Waals surface area contributed by atoms with Gasteiger partial charge in [0, 0.05) is 118 Å². The molecule has 13 rings (SSSR count). The number of rotatable bonds is 29. The first-order chi connectivity index (χ1) is 58.4. The molecule has 8 aromatic rings. The first-order valence-electron chi connectivity index (χ1n) is 39.8. The highest BCUT2D eigenvalue weighted by Crippen LogP contribution is 2.38. The summed E-state index contributed by atoms with van der Waals surface area (Å²) >= 11 is 6.43. The molecule has 31 nitrogen and oxygen atoms in total. The summed E-state index contributed by atoms with van der Waals surface area (Å²) in [5.74, 6) is 0.193. The molecule has 4 aliphatic heterocycles. The average Bonchev–Trinajstić information content (AvgIpc) is 1.76. The van der Waals surface area contributed by atoms with Gasteiger partial charge in [-0.15, -0.1) is 0 Å². The number of urea groups is 1. The molecule has 11 N–H and O–H groups in total. The van der Waals surface area contributed by atoms with Crippen molar-refractivity contribution in [2.75, 3.05) is 60.1 Å². The summed E-state index contributed by atoms with van der Waals surface area (Å²) in [6, 6.07) is 48.3. The van der Waals surface area contributed by atoms with E-state index in [2.05, 4.69) is 74.6 Å². The number of nitrogens with zero attached hydrogens (tertiary/aromatic N) is 7. The minimum atomic E-state index is -1.58. The van der Waals surface area contributed by atoms with Crippen molar-refractivity contribution in [1.82, 2.24) is 61.5 Å². The van der Waals surface area contributed by atoms with Gasteiger partial charge in [0.15, 0.2) is 5.82 Å². The first kappa shape index (κ1) is 84.6. The van der Waals surface area contributed by atoms with Crippen molar-refractivity contribution in [2.45, 2.75) is 127 Å². The van der Waals surface area contributed by atoms with Gasteiger partial charge in [0.25, 0.3) is 23.6 Å². The Morgan fingerprint density at radius 1 is 0.678 bits per heavy atom. The van der Waals surface area contributed by atoms with Crippen molar-refractivity contribution in [3.63, 3.8) is 0 Å². The number of benzene rings is 7. The number of hydrogen-bond donors (Lipinski definition) is 10. The molecule has 0 spiro atoms. The third kappa shape index (κ3) is 21.0. The number of fused-ring (bicyclic) bond motifs is 1. The molecule has 0 radical (unpaired) electrons. The fourth-order valence-corrected chi connectivity index (χ4v) is 15.4. The summed E-state index contributed by atoms with van der Waals surface area (Å²) in [5, 5.41) is 25.8. The van der Waals surface area contributed by atoms with Crippen molar-refractivity contribution >= 4 is 123 Å². The number of nitrogens with one attached hydrogen (secondary N) is 9. The van der Waals surface area contributed by atoms with Gasteiger partial charge in [0.2, 0.25) is 47.3 Å². The number of para-hydroxylation sites is 1. The molecule has 2 saturated heterocycles. The van der Waals surface area contributed by atoms with Crippen LogP contribution >= 0.6 is 11.6 Å². The SMILES string of the molecule is C[C@H](NC(=O)CCN1C(=O)C=CC1=O)C(=O)N[C@@H](C)C(=O)NC(CC(=O)NC(c1ccccc1)(c1ccccc1)c1ccccc1)C(=O)Nc1ccc(COC(=O)N(CCC#Cc2ccc3c(c2)CN(C2CCC(=O)NC2=O)C3=O)C2CCC(NC(=O)N3CCN(c4ccc(Nc5ncc(Cl)c(Nc6ccccc6C(N)=O)n5)cc4)CC3)CC2)cc1. The van der Waals surface area contributed by atoms with E-state index >= 15 is 0 Å². The van der Waals surface area contributed by atoms with Gasteiger partial charge in [-0.3, -0.25) is 63.0 Å². The van der Waals surface area contributed by atoms with Crippen LogP contribution in [0.3, 0.4) is 0 Å². The molecule has 5 aliphatic rings. The molecular weight excluding hydrogens is 1570 g/mol. The van der Waals surface area contributed by atoms with Crippen molar-refractivity contribution in [3.8, 4) is 11.8 Å². The minimum Gasteiger partial charge on any atom is -0.445 e. The third-order valence-electron chi connectivity index (χ3n) is 21.7. The summed E-state index contributed by atoms with van der Waals surface area (Å²) in [5.41, 5.74) is 11.2. The van der Waals surface area contributed by atoms with E-state index < -0.39 is 95.4 Å². The number of imide groups is 2. The van der Waals surface area contributed by atoms with Crippen LogP contribution < -0.4 is 58.5 Å². The van der Waals surface area contributed by atoms with E-state index in [1.165, 1.54) is 24.9 Å². The summed E-state index contributed by atoms with van der Waals surface area (Å²) in [4.78, 5) is 190. The highest BCUT2D eigenvalue weighted by atomic mass is 35.5. The van der Waals surface area contributed by atoms with Crippen molar-refractivity contribution < 1.29 is 67.1 Å². The zero-order valence-electron chi connectivity index (χ0n) is 66.3. The number of ether oxygens (including phenoxy) is 1. The molecule has 622 valence electrons. The Labute approximate surface area is 702 Å². The number of carbonyl (C=O) groups is 13. The van der Waals surface area contributed by atoms with Gasteiger partial charge in [0.05, 0.1) is 23.9 Å². The Morgan fingerprint density at radius 2 is 1.30 bits per heavy atom. The van der Waals surface area contributed by atoms with Crippen LogP contribution in [-0.2, 0) is 66.6 Å². The maximum atomic E-state index is 14.9. The second-order valence-electron chi connectivity index (χ2n) is 29.9. The van der Waals surface area contributed by atoms with E-state index in [4.69, 9.17) is 22.1 Å². The van der Waals surface area contributed by atoms with Gasteiger partial charge >= 0.3 is 12.1 Å². The molecule has 1 aliphatic carbocycles. The Bertz CT molecular complexity index is 5230. The van der Waals surface area contributed by atoms with E-state index in [1.807, 2.05) is 115 Å². The number of hydrogen-bond acceptors (Lipinski definition) is 19. The standard InChI is InChI=1S/C89H90ClN17O14/c1-55(93-75(109)43-45-106-77(111)41-42-78(106)112)81(114)94-56(2)82(115)99-72(51-76(110)102-89(60-17-6-3-7-18-60,61-19-8-4-9-20-61)62-21-10-5-11-22-62)83(116)95-63-28-25-58(26-29-63)54-121-88(120)105(44-15-14-16-57-27-38-68-59(50-57)53-107(85(68)118)73-39-40-74(108)100-84(73)117)67-36-32-65(33-37-67)97-87(119)104-48-46-103(47-49-104)66-34-30-64(31-35-66)96-86-92-52-70(90)80(101-86)98-71-24-13-12-23-69(71)79(91)113/h3-13,17-31,34-35,38,41-42,50,52,55-56,65,67,72-73H,15,32-33,36-37,39-40,43-49,51,53-54H2,1-2H3,(H2,91,113)(H,93,109)(H,94,114)(H,95,116)(H,97,119)(H,99,115)(H,102,110)(H,100,108,117)(H2,92,96,98,101)/t55-,56-,65?,67?,72?,73?/m0/s1. The number of nitrogens with two attached hydrogens (primary N) is 1. The number of aromatic nitrogens is 2. The summed E-state index contributed by atoms with van der Waals surface area (Å²) < 4.78 is 6.06. The fourth-order valence-electron chi connectivity index (χ4n) is 15.2. The molecule has 2 unspecified atom stereocenters. The number of halogens is 1. The predicted octanol–water partition coefficient (Wildman–Crippen LogP) is 7.95. The van der Waals surface area contributed by atoms with Gasteiger partial charge < -0.3 is 72.6 Å². The van der Waals surface area contributed by atoms with E-state index in [1.54, 1.807) is 76.5 Å². The number of primary amides is 1. The van der Waals surface area contributed by atoms with E-state index in [9.17, 15) is 62.3 Å². The van der Waals surface area contributed by atoms with Crippen molar-refractivity contribution in [1.29, 1.82) is 0 Å². The Balaban J connectivity index is 0.649. The lowest BCUT2D eigenvalue weighted by Gasteiger charge is -2.39. The molecule has 1 aromatic heterocycles. The van der Waals surface area contributed by atoms with Crippen molar-refractivity contribution in [3.05, 3.63) is 250 Å². The number of carbonyl (C=O) groups excluding carboxylic acids is 13. The molecule has 5 heterocycles. The normalized spacial score (nSPS) is 17.0. The largest absolute Gasteiger partial charge is 0.445 e. The zero-order chi connectivity index (χ0) is 85.3. The van der Waals surface area contributed by atoms with Gasteiger partial charge in [-0.25, -0.2) is 14.6 Å². The summed E-state index contributed by atoms with van der Waals surface area (Å²) in [6.45, 7) is 4.73. The quantitative estimate of drug-likeness (QED) is 0.0121. The lowest BCUT2D eigenvalue weighted by molar-refractivity contribution is -0.139. The van der Waals surface area contributed by atoms with Gasteiger partial charge in [-0.2, -0.15) is 4.98 Å². The molecular formula is C89H90ClN17O14. The molecule has 7 aromatic carbocycles. The van der Waals surface area contributed by atoms with E-state index in [0.717, 1.165) is 22.7 Å². The molecule has 121 heavy (non-hydrogen) atoms. The van der Waals surface area contributed by atoms with Gasteiger partial charge in [0.1, 0.15) is 41.3 Å². The maximum absolute atomic E-state index is 14.9. The Kier molecular flexibility index (Phi) is 27.2. The molecule has 32 heteroatoms. The van der Waals surface area contributed by atoms with Crippen LogP contribution in [0.1, 0.15) is 126 Å². The number of anilines is 6. The zero-order valence-corrected chi connectivity index (χ0v) is 67.1. The minimum absolute atomic E-state index is 0.121. The fraction of sp³-hybridized carbons (Fsp3) is 0.292. The topological polar surface area (TPSA) is 407 Å². The highest BCUT2D eigenvalue weighted by Gasteiger charge is 2.42. The van der Waals surface area contributed by atoms with Crippen LogP contribution in [0.15, 0.2) is 200 Å². The van der Waals surface area contributed by atoms with Crippen LogP contribution in [0.5, 0.6) is 0 Å². The highest BCUT2D eigenvalue weighted by molar-refractivity contribution is 6.33. The third-order valence-corrected chi connectivity index (χ3v) is 22.0. The number of piperidine rings is 1. The lowest BCUT2D eigenvalue weighted by atomic mass is 9.77. The van der Waals surface area contributed by atoms with E-state index in [-0.39, 0.29) is 110 Å². The molecule has 14 amide bonds. The second kappa shape index (κ2) is 38.9. The van der Waals surface area contributed by atoms with Crippen molar-refractivity contribution in [2.24, 2.45) is 5.73 Å². The van der Waals surface area contributed by atoms with E-state index in [0.29, 0.717) is 102 Å². The van der Waals surface area contributed by atoms with Gasteiger partial charge in [-0.1, -0.05) is 139 Å². The molecule has 4 atom stereocenters. The first-order valence-corrected chi connectivity index (χ1v) is 40.2. The van der Waals surface area contributed by atoms with Crippen LogP contribution in [0.25, 0.3) is 0 Å². The smallest absolute Gasteiger partial charge is 0.410 e. The summed E-state index contributed by atoms with van der Waals surface area (Å²) in [7, 11) is 0. The van der Waals surface area contributed by atoms with Crippen LogP contribution in [-0.4, -0.2) is 182 Å². The maximum Gasteiger partial charge on any atom is 0.410 e. The Morgan fingerprint density at radius 3 is 1.94 bits per heavy atom. The molecule has 3 fully saturated rings. The molecule has 0 bridgehead atoms. The lowest BCUT2D eigenvalue weighted by Crippen LogP contribution is -2.56. The monoisotopic (exact) mass is 1660 g/mol. The summed E-state index contributed by atoms with van der Waals surface area (Å²) in [6.07, 6.45) is 4.81. The van der Waals surface area contributed by atoms with Crippen LogP contribution in [0, 0.1) is 11.8 Å². The van der Waals surface area contributed by atoms with Crippen LogP contribution in [0.2, 0.25) is 5.02 Å². The van der Waals surface area contributed by atoms with Gasteiger partial charge in [-0.05, 0) is 140 Å². The van der Waals surface area contributed by atoms with Crippen LogP contribution in [0.4, 0.5) is 44.1 Å². The Hall–Kier alpha value is -14.3. The number of piperazine rings is 1. The number of amides is 14.